The molecule has 0 aromatic heterocycles. The third-order valence-electron chi connectivity index (χ3n) is 3.94. The smallest absolute Gasteiger partial charge is 0.254 e. The average Bonchev–Trinajstić information content (AvgIpc) is 2.96. The SMILES string of the molecule is O=C(c1cccc(F)c1)N1CCC(O)(COc2ccccc2)C1. The Morgan fingerprint density at radius 1 is 1.22 bits per heavy atom. The van der Waals surface area contributed by atoms with Crippen molar-refractivity contribution in [2.75, 3.05) is 19.7 Å². The van der Waals surface area contributed by atoms with E-state index in [1.54, 1.807) is 6.07 Å². The van der Waals surface area contributed by atoms with E-state index in [9.17, 15) is 14.3 Å². The Labute approximate surface area is 134 Å². The summed E-state index contributed by atoms with van der Waals surface area (Å²) in [6.45, 7) is 0.711. The van der Waals surface area contributed by atoms with Gasteiger partial charge in [-0.05, 0) is 36.8 Å². The molecule has 0 aliphatic carbocycles. The third-order valence-corrected chi connectivity index (χ3v) is 3.94. The standard InChI is InChI=1S/C18H18FNO3/c19-15-6-4-5-14(11-15)17(21)20-10-9-18(22,12-20)13-23-16-7-2-1-3-8-16/h1-8,11,22H,9-10,12-13H2. The number of likely N-dealkylation sites (tertiary alicyclic amines) is 1. The van der Waals surface area contributed by atoms with Crippen LogP contribution in [0.2, 0.25) is 0 Å². The van der Waals surface area contributed by atoms with Gasteiger partial charge in [-0.1, -0.05) is 24.3 Å². The van der Waals surface area contributed by atoms with Crippen LogP contribution in [0.5, 0.6) is 5.75 Å². The van der Waals surface area contributed by atoms with E-state index in [4.69, 9.17) is 4.74 Å². The van der Waals surface area contributed by atoms with Crippen LogP contribution in [-0.4, -0.2) is 41.2 Å². The Kier molecular flexibility index (Phi) is 4.30. The van der Waals surface area contributed by atoms with Gasteiger partial charge in [0.25, 0.3) is 5.91 Å². The van der Waals surface area contributed by atoms with Gasteiger partial charge < -0.3 is 14.7 Å². The average molecular weight is 315 g/mol. The molecular formula is C18H18FNO3. The van der Waals surface area contributed by atoms with Crippen LogP contribution in [0.4, 0.5) is 4.39 Å². The molecule has 23 heavy (non-hydrogen) atoms. The van der Waals surface area contributed by atoms with Gasteiger partial charge in [0.15, 0.2) is 0 Å². The zero-order valence-electron chi connectivity index (χ0n) is 12.6. The van der Waals surface area contributed by atoms with Crippen molar-refractivity contribution >= 4 is 5.91 Å². The van der Waals surface area contributed by atoms with Gasteiger partial charge in [-0.3, -0.25) is 4.79 Å². The van der Waals surface area contributed by atoms with E-state index in [-0.39, 0.29) is 19.1 Å². The van der Waals surface area contributed by atoms with Crippen LogP contribution < -0.4 is 4.74 Å². The molecular weight excluding hydrogens is 297 g/mol. The summed E-state index contributed by atoms with van der Waals surface area (Å²) in [6.07, 6.45) is 0.431. The van der Waals surface area contributed by atoms with Crippen LogP contribution in [0.3, 0.4) is 0 Å². The van der Waals surface area contributed by atoms with Crippen LogP contribution in [0, 0.1) is 5.82 Å². The van der Waals surface area contributed by atoms with Crippen molar-refractivity contribution in [1.82, 2.24) is 4.90 Å². The van der Waals surface area contributed by atoms with Crippen molar-refractivity contribution in [3.8, 4) is 5.75 Å². The normalized spacial score (nSPS) is 20.5. The fraction of sp³-hybridized carbons (Fsp3) is 0.278. The van der Waals surface area contributed by atoms with Crippen molar-refractivity contribution in [1.29, 1.82) is 0 Å². The lowest BCUT2D eigenvalue weighted by Crippen LogP contribution is -2.40. The highest BCUT2D eigenvalue weighted by molar-refractivity contribution is 5.94. The molecule has 1 amide bonds. The molecule has 1 unspecified atom stereocenters. The van der Waals surface area contributed by atoms with Gasteiger partial charge in [0.05, 0.1) is 6.54 Å². The lowest BCUT2D eigenvalue weighted by Gasteiger charge is -2.23. The number of β-amino-alcohol motifs (C(OH)–C–C–N with tert-alkyl or cyclic N) is 1. The molecule has 1 saturated heterocycles. The maximum Gasteiger partial charge on any atom is 0.254 e. The molecule has 0 radical (unpaired) electrons. The lowest BCUT2D eigenvalue weighted by atomic mass is 10.1. The topological polar surface area (TPSA) is 49.8 Å². The minimum Gasteiger partial charge on any atom is -0.491 e. The summed E-state index contributed by atoms with van der Waals surface area (Å²) >= 11 is 0. The molecule has 4 nitrogen and oxygen atoms in total. The fourth-order valence-electron chi connectivity index (χ4n) is 2.69. The number of amides is 1. The molecule has 1 aliphatic rings. The third kappa shape index (κ3) is 3.68. The van der Waals surface area contributed by atoms with Gasteiger partial charge in [0, 0.05) is 12.1 Å². The highest BCUT2D eigenvalue weighted by atomic mass is 19.1. The summed E-state index contributed by atoms with van der Waals surface area (Å²) in [6, 6.07) is 14.8. The van der Waals surface area contributed by atoms with Gasteiger partial charge in [-0.25, -0.2) is 4.39 Å². The number of hydrogen-bond donors (Lipinski definition) is 1. The largest absolute Gasteiger partial charge is 0.491 e. The minimum absolute atomic E-state index is 0.115. The highest BCUT2D eigenvalue weighted by Crippen LogP contribution is 2.24. The minimum atomic E-state index is -1.08. The van der Waals surface area contributed by atoms with Gasteiger partial charge in [-0.2, -0.15) is 0 Å². The van der Waals surface area contributed by atoms with E-state index in [0.717, 1.165) is 0 Å². The monoisotopic (exact) mass is 315 g/mol. The molecule has 0 saturated carbocycles. The molecule has 5 heteroatoms. The van der Waals surface area contributed by atoms with E-state index in [1.165, 1.54) is 23.1 Å². The number of aliphatic hydroxyl groups is 1. The number of para-hydroxylation sites is 1. The quantitative estimate of drug-likeness (QED) is 0.943. The Hall–Kier alpha value is -2.40. The van der Waals surface area contributed by atoms with Crippen LogP contribution in [0.25, 0.3) is 0 Å². The van der Waals surface area contributed by atoms with Crippen LogP contribution >= 0.6 is 0 Å². The summed E-state index contributed by atoms with van der Waals surface area (Å²) in [5.41, 5.74) is -0.794. The first-order valence-electron chi connectivity index (χ1n) is 7.51. The maximum absolute atomic E-state index is 13.2. The first-order valence-corrected chi connectivity index (χ1v) is 7.51. The second-order valence-corrected chi connectivity index (χ2v) is 5.81. The van der Waals surface area contributed by atoms with Crippen LogP contribution in [-0.2, 0) is 0 Å². The highest BCUT2D eigenvalue weighted by Gasteiger charge is 2.39. The zero-order chi connectivity index (χ0) is 16.3. The van der Waals surface area contributed by atoms with E-state index in [1.807, 2.05) is 30.3 Å². The first kappa shape index (κ1) is 15.5. The van der Waals surface area contributed by atoms with Crippen molar-refractivity contribution in [3.63, 3.8) is 0 Å². The Morgan fingerprint density at radius 3 is 2.74 bits per heavy atom. The molecule has 120 valence electrons. The molecule has 1 atom stereocenters. The van der Waals surface area contributed by atoms with Gasteiger partial charge in [0.2, 0.25) is 0 Å². The molecule has 3 rings (SSSR count). The molecule has 0 bridgehead atoms. The van der Waals surface area contributed by atoms with Gasteiger partial charge in [0.1, 0.15) is 23.8 Å². The molecule has 0 spiro atoms. The Morgan fingerprint density at radius 2 is 2.00 bits per heavy atom. The van der Waals surface area contributed by atoms with Crippen molar-refractivity contribution in [2.24, 2.45) is 0 Å². The number of carbonyl (C=O) groups is 1. The van der Waals surface area contributed by atoms with Crippen molar-refractivity contribution in [2.45, 2.75) is 12.0 Å². The zero-order valence-corrected chi connectivity index (χ0v) is 12.6. The Balaban J connectivity index is 1.62. The summed E-state index contributed by atoms with van der Waals surface area (Å²) in [4.78, 5) is 13.9. The molecule has 1 aliphatic heterocycles. The fourth-order valence-corrected chi connectivity index (χ4v) is 2.69. The number of halogens is 1. The second-order valence-electron chi connectivity index (χ2n) is 5.81. The predicted octanol–water partition coefficient (Wildman–Crippen LogP) is 2.48. The van der Waals surface area contributed by atoms with Crippen LogP contribution in [0.15, 0.2) is 54.6 Å². The van der Waals surface area contributed by atoms with Crippen LogP contribution in [0.1, 0.15) is 16.8 Å². The van der Waals surface area contributed by atoms with Crippen molar-refractivity contribution in [3.05, 3.63) is 66.0 Å². The van der Waals surface area contributed by atoms with Gasteiger partial charge in [-0.15, -0.1) is 0 Å². The number of ether oxygens (including phenoxy) is 1. The number of nitrogens with zero attached hydrogens (tertiary/aromatic N) is 1. The first-order chi connectivity index (χ1) is 11.1. The summed E-state index contributed by atoms with van der Waals surface area (Å²) in [7, 11) is 0. The molecule has 1 heterocycles. The number of hydrogen-bond acceptors (Lipinski definition) is 3. The molecule has 2 aromatic carbocycles. The maximum atomic E-state index is 13.2. The van der Waals surface area contributed by atoms with Gasteiger partial charge >= 0.3 is 0 Å². The summed E-state index contributed by atoms with van der Waals surface area (Å²) in [5, 5.41) is 10.6. The van der Waals surface area contributed by atoms with E-state index >= 15 is 0 Å². The predicted molar refractivity (Wildman–Crippen MR) is 83.8 cm³/mol. The molecule has 1 fully saturated rings. The van der Waals surface area contributed by atoms with E-state index in [0.29, 0.717) is 24.3 Å². The Bertz CT molecular complexity index is 692. The summed E-state index contributed by atoms with van der Waals surface area (Å²) in [5.74, 6) is -0.0475. The molecule has 1 N–H and O–H groups in total. The molecule has 2 aromatic rings. The number of benzene rings is 2. The lowest BCUT2D eigenvalue weighted by molar-refractivity contribution is 0.00431. The number of carbonyl (C=O) groups excluding carboxylic acids is 1. The summed E-state index contributed by atoms with van der Waals surface area (Å²) < 4.78 is 18.8. The van der Waals surface area contributed by atoms with Crippen molar-refractivity contribution < 1.29 is 19.0 Å². The second kappa shape index (κ2) is 6.38. The van der Waals surface area contributed by atoms with E-state index < -0.39 is 11.4 Å². The number of rotatable bonds is 4. The van der Waals surface area contributed by atoms with E-state index in [2.05, 4.69) is 0 Å².